The zero-order chi connectivity index (χ0) is 18.7. The largest absolute Gasteiger partial charge is 0.493 e. The van der Waals surface area contributed by atoms with E-state index in [9.17, 15) is 0 Å². The van der Waals surface area contributed by atoms with Crippen LogP contribution in [0.5, 0.6) is 0 Å². The molecule has 3 rings (SSSR count). The zero-order valence-electron chi connectivity index (χ0n) is 16.6. The Labute approximate surface area is 164 Å². The summed E-state index contributed by atoms with van der Waals surface area (Å²) in [6.07, 6.45) is 8.56. The molecule has 0 spiro atoms. The topological polar surface area (TPSA) is 12.5 Å². The highest BCUT2D eigenvalue weighted by atomic mass is 16.5. The Balaban J connectivity index is 1.47. The lowest BCUT2D eigenvalue weighted by atomic mass is 9.94. The van der Waals surface area contributed by atoms with Crippen LogP contribution in [0.2, 0.25) is 0 Å². The van der Waals surface area contributed by atoms with Gasteiger partial charge in [-0.05, 0) is 62.9 Å². The summed E-state index contributed by atoms with van der Waals surface area (Å²) in [5.41, 5.74) is 2.32. The van der Waals surface area contributed by atoms with E-state index in [4.69, 9.17) is 4.74 Å². The maximum absolute atomic E-state index is 6.20. The number of rotatable bonds is 9. The SMILES string of the molecule is CCC1CCN(CCCCOC(=Cc2ccccc2)c2ccccc2)CC1. The predicted molar refractivity (Wildman–Crippen MR) is 115 cm³/mol. The maximum Gasteiger partial charge on any atom is 0.127 e. The Morgan fingerprint density at radius 2 is 1.63 bits per heavy atom. The van der Waals surface area contributed by atoms with Crippen molar-refractivity contribution >= 4 is 11.8 Å². The minimum absolute atomic E-state index is 0.777. The smallest absolute Gasteiger partial charge is 0.127 e. The molecule has 1 saturated heterocycles. The highest BCUT2D eigenvalue weighted by Gasteiger charge is 2.16. The van der Waals surface area contributed by atoms with Gasteiger partial charge in [0.15, 0.2) is 0 Å². The highest BCUT2D eigenvalue weighted by Crippen LogP contribution is 2.21. The summed E-state index contributed by atoms with van der Waals surface area (Å²) in [4.78, 5) is 2.63. The lowest BCUT2D eigenvalue weighted by molar-refractivity contribution is 0.173. The number of hydrogen-bond acceptors (Lipinski definition) is 2. The molecule has 2 heteroatoms. The van der Waals surface area contributed by atoms with Crippen LogP contribution in [0.15, 0.2) is 60.7 Å². The number of benzene rings is 2. The summed E-state index contributed by atoms with van der Waals surface area (Å²) in [7, 11) is 0. The number of nitrogens with zero attached hydrogens (tertiary/aromatic N) is 1. The molecule has 0 aliphatic carbocycles. The Kier molecular flexibility index (Phi) is 7.98. The molecule has 1 aliphatic heterocycles. The third kappa shape index (κ3) is 6.55. The monoisotopic (exact) mass is 363 g/mol. The first kappa shape index (κ1) is 19.7. The van der Waals surface area contributed by atoms with E-state index in [1.54, 1.807) is 0 Å². The summed E-state index contributed by atoms with van der Waals surface area (Å²) in [6, 6.07) is 20.8. The second-order valence-corrected chi connectivity index (χ2v) is 7.53. The van der Waals surface area contributed by atoms with Crippen molar-refractivity contribution in [2.75, 3.05) is 26.2 Å². The van der Waals surface area contributed by atoms with Crippen LogP contribution in [0.25, 0.3) is 11.8 Å². The standard InChI is InChI=1S/C25H33NO/c1-2-22-15-18-26(19-16-22)17-9-10-20-27-25(24-13-7-4-8-14-24)21-23-11-5-3-6-12-23/h3-8,11-14,21-22H,2,9-10,15-20H2,1H3. The van der Waals surface area contributed by atoms with E-state index in [1.807, 2.05) is 12.1 Å². The number of hydrogen-bond donors (Lipinski definition) is 0. The van der Waals surface area contributed by atoms with Gasteiger partial charge >= 0.3 is 0 Å². The summed E-state index contributed by atoms with van der Waals surface area (Å²) in [6.45, 7) is 6.87. The third-order valence-electron chi connectivity index (χ3n) is 5.57. The molecule has 0 radical (unpaired) electrons. The molecular weight excluding hydrogens is 330 g/mol. The van der Waals surface area contributed by atoms with Gasteiger partial charge in [-0.15, -0.1) is 0 Å². The average Bonchev–Trinajstić information content (AvgIpc) is 2.74. The van der Waals surface area contributed by atoms with Crippen LogP contribution in [0.4, 0.5) is 0 Å². The van der Waals surface area contributed by atoms with E-state index in [0.717, 1.165) is 30.3 Å². The second kappa shape index (κ2) is 10.9. The molecule has 27 heavy (non-hydrogen) atoms. The first-order valence-electron chi connectivity index (χ1n) is 10.5. The molecule has 0 aromatic heterocycles. The van der Waals surface area contributed by atoms with Gasteiger partial charge in [-0.2, -0.15) is 0 Å². The van der Waals surface area contributed by atoms with Crippen LogP contribution in [-0.2, 0) is 4.74 Å². The van der Waals surface area contributed by atoms with Crippen molar-refractivity contribution in [2.24, 2.45) is 5.92 Å². The minimum atomic E-state index is 0.777. The second-order valence-electron chi connectivity index (χ2n) is 7.53. The molecule has 0 amide bonds. The Bertz CT molecular complexity index is 672. The van der Waals surface area contributed by atoms with Gasteiger partial charge in [-0.1, -0.05) is 74.0 Å². The normalized spacial score (nSPS) is 16.4. The predicted octanol–water partition coefficient (Wildman–Crippen LogP) is 6.10. The van der Waals surface area contributed by atoms with Crippen molar-refractivity contribution in [3.05, 3.63) is 71.8 Å². The van der Waals surface area contributed by atoms with E-state index in [-0.39, 0.29) is 0 Å². The molecule has 0 N–H and O–H groups in total. The molecule has 2 nitrogen and oxygen atoms in total. The number of ether oxygens (including phenoxy) is 1. The van der Waals surface area contributed by atoms with Gasteiger partial charge in [0, 0.05) is 5.56 Å². The fourth-order valence-electron chi connectivity index (χ4n) is 3.75. The minimum Gasteiger partial charge on any atom is -0.493 e. The van der Waals surface area contributed by atoms with Crippen molar-refractivity contribution < 1.29 is 4.74 Å². The molecule has 1 aliphatic rings. The first-order valence-corrected chi connectivity index (χ1v) is 10.5. The van der Waals surface area contributed by atoms with Crippen molar-refractivity contribution in [3.63, 3.8) is 0 Å². The van der Waals surface area contributed by atoms with Crippen LogP contribution in [0.3, 0.4) is 0 Å². The van der Waals surface area contributed by atoms with Crippen LogP contribution < -0.4 is 0 Å². The molecule has 1 heterocycles. The molecule has 0 saturated carbocycles. The molecular formula is C25H33NO. The molecule has 2 aromatic rings. The molecule has 144 valence electrons. The lowest BCUT2D eigenvalue weighted by Gasteiger charge is -2.31. The number of unbranched alkanes of at least 4 members (excludes halogenated alkanes) is 1. The van der Waals surface area contributed by atoms with Gasteiger partial charge in [-0.25, -0.2) is 0 Å². The molecule has 0 atom stereocenters. The van der Waals surface area contributed by atoms with E-state index >= 15 is 0 Å². The van der Waals surface area contributed by atoms with Gasteiger partial charge in [0.2, 0.25) is 0 Å². The van der Waals surface area contributed by atoms with Crippen LogP contribution in [0, 0.1) is 5.92 Å². The lowest BCUT2D eigenvalue weighted by Crippen LogP contribution is -2.34. The number of likely N-dealkylation sites (tertiary alicyclic amines) is 1. The van der Waals surface area contributed by atoms with Crippen LogP contribution in [0.1, 0.15) is 50.2 Å². The molecule has 2 aromatic carbocycles. The summed E-state index contributed by atoms with van der Waals surface area (Å²) in [5, 5.41) is 0. The Hall–Kier alpha value is -2.06. The van der Waals surface area contributed by atoms with Gasteiger partial charge in [0.1, 0.15) is 5.76 Å². The highest BCUT2D eigenvalue weighted by molar-refractivity contribution is 5.77. The van der Waals surface area contributed by atoms with Crippen LogP contribution >= 0.6 is 0 Å². The van der Waals surface area contributed by atoms with Gasteiger partial charge < -0.3 is 9.64 Å². The third-order valence-corrected chi connectivity index (χ3v) is 5.57. The first-order chi connectivity index (χ1) is 13.3. The van der Waals surface area contributed by atoms with E-state index in [1.165, 1.54) is 50.9 Å². The summed E-state index contributed by atoms with van der Waals surface area (Å²) in [5.74, 6) is 1.92. The molecule has 1 fully saturated rings. The van der Waals surface area contributed by atoms with Gasteiger partial charge in [0.05, 0.1) is 6.61 Å². The maximum atomic E-state index is 6.20. The molecule has 0 unspecified atom stereocenters. The quantitative estimate of drug-likeness (QED) is 0.303. The molecule has 0 bridgehead atoms. The summed E-state index contributed by atoms with van der Waals surface area (Å²) < 4.78 is 6.20. The fourth-order valence-corrected chi connectivity index (χ4v) is 3.75. The summed E-state index contributed by atoms with van der Waals surface area (Å²) >= 11 is 0. The van der Waals surface area contributed by atoms with Gasteiger partial charge in [0.25, 0.3) is 0 Å². The van der Waals surface area contributed by atoms with Crippen molar-refractivity contribution in [1.29, 1.82) is 0 Å². The average molecular weight is 364 g/mol. The number of piperidine rings is 1. The van der Waals surface area contributed by atoms with Crippen molar-refractivity contribution in [1.82, 2.24) is 4.90 Å². The Morgan fingerprint density at radius 3 is 2.30 bits per heavy atom. The van der Waals surface area contributed by atoms with E-state index < -0.39 is 0 Å². The van der Waals surface area contributed by atoms with E-state index in [2.05, 4.69) is 66.4 Å². The van der Waals surface area contributed by atoms with Gasteiger partial charge in [-0.3, -0.25) is 0 Å². The fraction of sp³-hybridized carbons (Fsp3) is 0.440. The van der Waals surface area contributed by atoms with Crippen LogP contribution in [-0.4, -0.2) is 31.1 Å². The zero-order valence-corrected chi connectivity index (χ0v) is 16.6. The van der Waals surface area contributed by atoms with E-state index in [0.29, 0.717) is 0 Å². The van der Waals surface area contributed by atoms with Crippen molar-refractivity contribution in [2.45, 2.75) is 39.0 Å². The Morgan fingerprint density at radius 1 is 0.963 bits per heavy atom. The van der Waals surface area contributed by atoms with Crippen molar-refractivity contribution in [3.8, 4) is 0 Å².